The van der Waals surface area contributed by atoms with Crippen molar-refractivity contribution in [1.29, 1.82) is 0 Å². The zero-order valence-corrected chi connectivity index (χ0v) is 16.8. The molecule has 0 aliphatic heterocycles. The fraction of sp³-hybridized carbons (Fsp3) is 0.300. The second-order valence-electron chi connectivity index (χ2n) is 6.10. The van der Waals surface area contributed by atoms with Crippen LogP contribution in [-0.4, -0.2) is 42.5 Å². The number of hydrogen-bond acceptors (Lipinski definition) is 5. The largest absolute Gasteiger partial charge is 0.573 e. The van der Waals surface area contributed by atoms with Gasteiger partial charge in [0, 0.05) is 24.1 Å². The first-order valence-electron chi connectivity index (χ1n) is 8.55. The number of halogens is 3. The fourth-order valence-corrected chi connectivity index (χ4v) is 3.56. The third kappa shape index (κ3) is 6.42. The van der Waals surface area contributed by atoms with Crippen LogP contribution >= 0.6 is 11.8 Å². The van der Waals surface area contributed by atoms with Crippen LogP contribution in [0.5, 0.6) is 5.75 Å². The lowest BCUT2D eigenvalue weighted by atomic mass is 10.1. The van der Waals surface area contributed by atoms with Gasteiger partial charge >= 0.3 is 12.3 Å². The van der Waals surface area contributed by atoms with Gasteiger partial charge in [-0.05, 0) is 25.1 Å². The predicted octanol–water partition coefficient (Wildman–Crippen LogP) is 4.51. The van der Waals surface area contributed by atoms with Gasteiger partial charge in [-0.15, -0.1) is 24.9 Å². The molecule has 2 rings (SSSR count). The Balaban J connectivity index is 2.21. The van der Waals surface area contributed by atoms with Crippen molar-refractivity contribution in [3.05, 3.63) is 59.7 Å². The van der Waals surface area contributed by atoms with Crippen LogP contribution in [0.3, 0.4) is 0 Å². The van der Waals surface area contributed by atoms with Crippen LogP contribution in [-0.2, 0) is 16.1 Å². The summed E-state index contributed by atoms with van der Waals surface area (Å²) in [4.78, 5) is 26.5. The number of para-hydroxylation sites is 1. The molecule has 0 N–H and O–H groups in total. The van der Waals surface area contributed by atoms with Crippen molar-refractivity contribution >= 4 is 23.6 Å². The number of rotatable bonds is 7. The Morgan fingerprint density at radius 3 is 2.38 bits per heavy atom. The minimum Gasteiger partial charge on any atom is -0.468 e. The molecule has 0 saturated carbocycles. The fourth-order valence-electron chi connectivity index (χ4n) is 2.54. The molecule has 156 valence electrons. The summed E-state index contributed by atoms with van der Waals surface area (Å²) in [6, 6.07) is 12.4. The molecule has 5 nitrogen and oxygen atoms in total. The van der Waals surface area contributed by atoms with Crippen LogP contribution in [0, 0.1) is 0 Å². The zero-order valence-electron chi connectivity index (χ0n) is 16.0. The molecule has 0 bridgehead atoms. The summed E-state index contributed by atoms with van der Waals surface area (Å²) in [5.41, 5.74) is 0.554. The van der Waals surface area contributed by atoms with Crippen molar-refractivity contribution in [1.82, 2.24) is 4.90 Å². The topological polar surface area (TPSA) is 55.8 Å². The van der Waals surface area contributed by atoms with Gasteiger partial charge in [0.2, 0.25) is 0 Å². The molecule has 1 atom stereocenters. The van der Waals surface area contributed by atoms with Crippen molar-refractivity contribution in [3.8, 4) is 5.75 Å². The summed E-state index contributed by atoms with van der Waals surface area (Å²) in [5, 5.41) is -0.528. The Kier molecular flexibility index (Phi) is 7.55. The van der Waals surface area contributed by atoms with Gasteiger partial charge in [0.1, 0.15) is 11.0 Å². The first-order chi connectivity index (χ1) is 13.6. The molecule has 0 aliphatic carbocycles. The van der Waals surface area contributed by atoms with E-state index in [-0.39, 0.29) is 17.9 Å². The minimum absolute atomic E-state index is 0.0867. The van der Waals surface area contributed by atoms with Crippen LogP contribution < -0.4 is 4.74 Å². The molecule has 0 fully saturated rings. The third-order valence-corrected chi connectivity index (χ3v) is 5.06. The van der Waals surface area contributed by atoms with E-state index in [0.29, 0.717) is 10.5 Å². The summed E-state index contributed by atoms with van der Waals surface area (Å²) in [6.45, 7) is 1.57. The van der Waals surface area contributed by atoms with Gasteiger partial charge in [0.05, 0.1) is 12.7 Å². The minimum atomic E-state index is -4.83. The van der Waals surface area contributed by atoms with E-state index in [1.807, 2.05) is 0 Å². The average Bonchev–Trinajstić information content (AvgIpc) is 2.67. The first-order valence-corrected chi connectivity index (χ1v) is 9.43. The van der Waals surface area contributed by atoms with Crippen LogP contribution in [0.2, 0.25) is 0 Å². The van der Waals surface area contributed by atoms with E-state index in [1.54, 1.807) is 37.3 Å². The molecular formula is C20H20F3NO4S. The van der Waals surface area contributed by atoms with Gasteiger partial charge in [0.15, 0.2) is 0 Å². The number of esters is 1. The Hall–Kier alpha value is -2.68. The summed E-state index contributed by atoms with van der Waals surface area (Å²) in [5.74, 6) is -1.18. The normalized spacial score (nSPS) is 12.2. The van der Waals surface area contributed by atoms with Crippen molar-refractivity contribution in [2.24, 2.45) is 0 Å². The highest BCUT2D eigenvalue weighted by molar-refractivity contribution is 8.00. The highest BCUT2D eigenvalue weighted by Gasteiger charge is 2.32. The van der Waals surface area contributed by atoms with Gasteiger partial charge in [-0.1, -0.05) is 30.3 Å². The second-order valence-corrected chi connectivity index (χ2v) is 7.48. The summed E-state index contributed by atoms with van der Waals surface area (Å²) >= 11 is 1.17. The molecule has 9 heteroatoms. The predicted molar refractivity (Wildman–Crippen MR) is 103 cm³/mol. The Morgan fingerprint density at radius 1 is 1.10 bits per heavy atom. The zero-order chi connectivity index (χ0) is 21.6. The van der Waals surface area contributed by atoms with E-state index in [0.717, 1.165) is 0 Å². The molecule has 0 heterocycles. The lowest BCUT2D eigenvalue weighted by Crippen LogP contribution is -2.28. The lowest BCUT2D eigenvalue weighted by molar-refractivity contribution is -0.275. The molecule has 0 aromatic heterocycles. The molecule has 0 aliphatic rings. The number of carbonyl (C=O) groups excluding carboxylic acids is 2. The van der Waals surface area contributed by atoms with E-state index < -0.39 is 23.5 Å². The van der Waals surface area contributed by atoms with Gasteiger partial charge in [0.25, 0.3) is 5.91 Å². The summed E-state index contributed by atoms with van der Waals surface area (Å²) in [6.07, 6.45) is -4.83. The van der Waals surface area contributed by atoms with Gasteiger partial charge < -0.3 is 14.4 Å². The van der Waals surface area contributed by atoms with E-state index in [4.69, 9.17) is 4.74 Å². The quantitative estimate of drug-likeness (QED) is 0.481. The number of alkyl halides is 3. The number of nitrogens with zero attached hydrogens (tertiary/aromatic N) is 1. The van der Waals surface area contributed by atoms with Gasteiger partial charge in [-0.3, -0.25) is 9.59 Å². The van der Waals surface area contributed by atoms with Gasteiger partial charge in [-0.2, -0.15) is 0 Å². The Morgan fingerprint density at radius 2 is 1.72 bits per heavy atom. The third-order valence-electron chi connectivity index (χ3n) is 3.91. The second kappa shape index (κ2) is 9.69. The molecular weight excluding hydrogens is 407 g/mol. The van der Waals surface area contributed by atoms with Crippen LogP contribution in [0.4, 0.5) is 13.2 Å². The van der Waals surface area contributed by atoms with Crippen molar-refractivity contribution < 1.29 is 32.2 Å². The van der Waals surface area contributed by atoms with Crippen LogP contribution in [0.15, 0.2) is 53.4 Å². The number of hydrogen-bond donors (Lipinski definition) is 0. The number of carbonyl (C=O) groups is 2. The van der Waals surface area contributed by atoms with E-state index >= 15 is 0 Å². The molecule has 0 saturated heterocycles. The van der Waals surface area contributed by atoms with Crippen molar-refractivity contribution in [2.75, 3.05) is 14.2 Å². The first kappa shape index (κ1) is 22.6. The van der Waals surface area contributed by atoms with Crippen molar-refractivity contribution in [3.63, 3.8) is 0 Å². The summed E-state index contributed by atoms with van der Waals surface area (Å²) in [7, 11) is 2.77. The molecule has 0 radical (unpaired) electrons. The van der Waals surface area contributed by atoms with E-state index in [2.05, 4.69) is 4.74 Å². The maximum atomic E-state index is 12.9. The number of thioether (sulfide) groups is 1. The summed E-state index contributed by atoms with van der Waals surface area (Å²) < 4.78 is 46.6. The highest BCUT2D eigenvalue weighted by Crippen LogP contribution is 2.30. The highest BCUT2D eigenvalue weighted by atomic mass is 32.2. The maximum Gasteiger partial charge on any atom is 0.573 e. The smallest absolute Gasteiger partial charge is 0.468 e. The molecule has 1 amide bonds. The number of ether oxygens (including phenoxy) is 2. The van der Waals surface area contributed by atoms with E-state index in [1.165, 1.54) is 49.0 Å². The maximum absolute atomic E-state index is 12.9. The molecule has 29 heavy (non-hydrogen) atoms. The lowest BCUT2D eigenvalue weighted by Gasteiger charge is -2.21. The standard InChI is InChI=1S/C20H20F3NO4S/c1-13(19(26)27-3)29-17-11-7-5-9-15(17)18(25)24(2)12-14-8-4-6-10-16(14)28-20(21,22)23/h4-11,13H,12H2,1-3H3. The Labute approximate surface area is 170 Å². The molecule has 2 aromatic carbocycles. The molecule has 2 aromatic rings. The van der Waals surface area contributed by atoms with E-state index in [9.17, 15) is 22.8 Å². The molecule has 1 unspecified atom stereocenters. The number of amides is 1. The average molecular weight is 427 g/mol. The number of benzene rings is 2. The van der Waals surface area contributed by atoms with Gasteiger partial charge in [-0.25, -0.2) is 0 Å². The van der Waals surface area contributed by atoms with Crippen molar-refractivity contribution in [2.45, 2.75) is 30.0 Å². The number of methoxy groups -OCH3 is 1. The Bertz CT molecular complexity index is 873. The SMILES string of the molecule is COC(=O)C(C)Sc1ccccc1C(=O)N(C)Cc1ccccc1OC(F)(F)F. The van der Waals surface area contributed by atoms with Crippen LogP contribution in [0.1, 0.15) is 22.8 Å². The molecule has 0 spiro atoms. The monoisotopic (exact) mass is 427 g/mol. The van der Waals surface area contributed by atoms with Crippen LogP contribution in [0.25, 0.3) is 0 Å².